The molecule has 5 nitrogen and oxygen atoms in total. The molecular formula is C15H18N4O. The Morgan fingerprint density at radius 3 is 3.10 bits per heavy atom. The normalized spacial score (nSPS) is 23.2. The van der Waals surface area contributed by atoms with Crippen molar-refractivity contribution in [3.05, 3.63) is 30.1 Å². The summed E-state index contributed by atoms with van der Waals surface area (Å²) in [5.41, 5.74) is 1.52. The highest BCUT2D eigenvalue weighted by Gasteiger charge is 2.32. The van der Waals surface area contributed by atoms with Gasteiger partial charge in [-0.3, -0.25) is 14.1 Å². The van der Waals surface area contributed by atoms with Gasteiger partial charge in [-0.05, 0) is 31.5 Å². The largest absolute Gasteiger partial charge is 0.352 e. The number of aromatic nitrogens is 2. The zero-order chi connectivity index (χ0) is 13.5. The van der Waals surface area contributed by atoms with Crippen LogP contribution in [0.15, 0.2) is 24.4 Å². The Morgan fingerprint density at radius 2 is 2.20 bits per heavy atom. The zero-order valence-corrected chi connectivity index (χ0v) is 11.4. The number of carbonyl (C=O) groups excluding carboxylic acids is 1. The highest BCUT2D eigenvalue weighted by Crippen LogP contribution is 2.27. The van der Waals surface area contributed by atoms with Crippen LogP contribution < -0.4 is 4.90 Å². The molecule has 5 heteroatoms. The first-order valence-electron chi connectivity index (χ1n) is 7.28. The van der Waals surface area contributed by atoms with Gasteiger partial charge in [-0.25, -0.2) is 4.98 Å². The molecule has 20 heavy (non-hydrogen) atoms. The molecule has 1 unspecified atom stereocenters. The number of rotatable bonds is 2. The van der Waals surface area contributed by atoms with E-state index < -0.39 is 0 Å². The molecule has 0 N–H and O–H groups in total. The molecular weight excluding hydrogens is 252 g/mol. The van der Waals surface area contributed by atoms with Crippen molar-refractivity contribution in [1.29, 1.82) is 0 Å². The lowest BCUT2D eigenvalue weighted by Crippen LogP contribution is -2.50. The van der Waals surface area contributed by atoms with Crippen LogP contribution in [0, 0.1) is 0 Å². The van der Waals surface area contributed by atoms with E-state index in [1.807, 2.05) is 28.8 Å². The molecule has 0 amide bonds. The summed E-state index contributed by atoms with van der Waals surface area (Å²) >= 11 is 0. The lowest BCUT2D eigenvalue weighted by molar-refractivity contribution is 0.111. The SMILES string of the molecule is O=Cc1c(N2CCN3CCCC3C2)nc2ccccn12. The standard InChI is InChI=1S/C15H18N4O/c20-11-13-15(16-14-5-1-2-7-19(13)14)18-9-8-17-6-3-4-12(17)10-18/h1-2,5,7,11-12H,3-4,6,8-10H2. The zero-order valence-electron chi connectivity index (χ0n) is 11.4. The molecule has 4 rings (SSSR count). The Kier molecular flexibility index (Phi) is 2.73. The number of carbonyl (C=O) groups is 1. The van der Waals surface area contributed by atoms with Gasteiger partial charge in [0.2, 0.25) is 0 Å². The van der Waals surface area contributed by atoms with Gasteiger partial charge in [0.25, 0.3) is 0 Å². The van der Waals surface area contributed by atoms with E-state index in [9.17, 15) is 4.79 Å². The maximum absolute atomic E-state index is 11.5. The van der Waals surface area contributed by atoms with Gasteiger partial charge in [0.1, 0.15) is 11.3 Å². The second-order valence-electron chi connectivity index (χ2n) is 5.65. The van der Waals surface area contributed by atoms with Gasteiger partial charge in [-0.15, -0.1) is 0 Å². The highest BCUT2D eigenvalue weighted by molar-refractivity contribution is 5.83. The van der Waals surface area contributed by atoms with E-state index in [2.05, 4.69) is 14.8 Å². The molecule has 0 saturated carbocycles. The van der Waals surface area contributed by atoms with Gasteiger partial charge in [0.15, 0.2) is 12.1 Å². The van der Waals surface area contributed by atoms with Crippen molar-refractivity contribution < 1.29 is 4.79 Å². The van der Waals surface area contributed by atoms with Gasteiger partial charge in [-0.2, -0.15) is 0 Å². The topological polar surface area (TPSA) is 40.9 Å². The van der Waals surface area contributed by atoms with Crippen molar-refractivity contribution in [2.45, 2.75) is 18.9 Å². The van der Waals surface area contributed by atoms with Crippen molar-refractivity contribution in [1.82, 2.24) is 14.3 Å². The first kappa shape index (κ1) is 11.9. The molecule has 0 spiro atoms. The fourth-order valence-corrected chi connectivity index (χ4v) is 3.53. The van der Waals surface area contributed by atoms with Crippen LogP contribution in [0.1, 0.15) is 23.3 Å². The Labute approximate surface area is 117 Å². The van der Waals surface area contributed by atoms with Crippen LogP contribution in [0.2, 0.25) is 0 Å². The fraction of sp³-hybridized carbons (Fsp3) is 0.467. The van der Waals surface area contributed by atoms with Crippen molar-refractivity contribution in [2.24, 2.45) is 0 Å². The minimum absolute atomic E-state index is 0.632. The molecule has 2 saturated heterocycles. The molecule has 0 aromatic carbocycles. The molecule has 4 heterocycles. The molecule has 2 fully saturated rings. The molecule has 2 aliphatic heterocycles. The average molecular weight is 270 g/mol. The Morgan fingerprint density at radius 1 is 1.25 bits per heavy atom. The van der Waals surface area contributed by atoms with E-state index >= 15 is 0 Å². The van der Waals surface area contributed by atoms with Crippen LogP contribution in [0.3, 0.4) is 0 Å². The van der Waals surface area contributed by atoms with Gasteiger partial charge < -0.3 is 4.90 Å². The molecule has 2 aromatic rings. The Hall–Kier alpha value is -1.88. The van der Waals surface area contributed by atoms with Crippen molar-refractivity contribution in [3.63, 3.8) is 0 Å². The summed E-state index contributed by atoms with van der Waals surface area (Å²) in [5, 5.41) is 0. The third kappa shape index (κ3) is 1.73. The van der Waals surface area contributed by atoms with Crippen LogP contribution >= 0.6 is 0 Å². The molecule has 0 radical (unpaired) electrons. The quantitative estimate of drug-likeness (QED) is 0.774. The maximum Gasteiger partial charge on any atom is 0.170 e. The number of piperazine rings is 1. The van der Waals surface area contributed by atoms with Gasteiger partial charge in [0, 0.05) is 31.9 Å². The van der Waals surface area contributed by atoms with Crippen LogP contribution in [-0.4, -0.2) is 52.8 Å². The van der Waals surface area contributed by atoms with E-state index in [-0.39, 0.29) is 0 Å². The van der Waals surface area contributed by atoms with Gasteiger partial charge >= 0.3 is 0 Å². The summed E-state index contributed by atoms with van der Waals surface area (Å²) in [5.74, 6) is 0.845. The molecule has 2 aromatic heterocycles. The van der Waals surface area contributed by atoms with Crippen LogP contribution in [0.5, 0.6) is 0 Å². The molecule has 0 aliphatic carbocycles. The fourth-order valence-electron chi connectivity index (χ4n) is 3.53. The van der Waals surface area contributed by atoms with Crippen molar-refractivity contribution in [2.75, 3.05) is 31.1 Å². The lowest BCUT2D eigenvalue weighted by Gasteiger charge is -2.37. The lowest BCUT2D eigenvalue weighted by atomic mass is 10.1. The molecule has 104 valence electrons. The number of fused-ring (bicyclic) bond motifs is 2. The molecule has 1 atom stereocenters. The summed E-state index contributed by atoms with van der Waals surface area (Å²) in [4.78, 5) is 21.0. The summed E-state index contributed by atoms with van der Waals surface area (Å²) < 4.78 is 1.88. The number of nitrogens with zero attached hydrogens (tertiary/aromatic N) is 4. The Bertz CT molecular complexity index is 650. The average Bonchev–Trinajstić information content (AvgIpc) is 3.10. The first-order valence-corrected chi connectivity index (χ1v) is 7.28. The molecule has 2 aliphatic rings. The third-order valence-electron chi connectivity index (χ3n) is 4.55. The first-order chi connectivity index (χ1) is 9.86. The minimum atomic E-state index is 0.632. The summed E-state index contributed by atoms with van der Waals surface area (Å²) in [6, 6.07) is 6.46. The minimum Gasteiger partial charge on any atom is -0.352 e. The smallest absolute Gasteiger partial charge is 0.170 e. The van der Waals surface area contributed by atoms with Gasteiger partial charge in [-0.1, -0.05) is 6.07 Å². The van der Waals surface area contributed by atoms with E-state index in [1.165, 1.54) is 19.4 Å². The summed E-state index contributed by atoms with van der Waals surface area (Å²) in [6.07, 6.45) is 5.39. The summed E-state index contributed by atoms with van der Waals surface area (Å²) in [7, 11) is 0. The monoisotopic (exact) mass is 270 g/mol. The van der Waals surface area contributed by atoms with Crippen LogP contribution in [0.4, 0.5) is 5.82 Å². The number of imidazole rings is 1. The van der Waals surface area contributed by atoms with E-state index in [4.69, 9.17) is 0 Å². The third-order valence-corrected chi connectivity index (χ3v) is 4.55. The molecule has 0 bridgehead atoms. The highest BCUT2D eigenvalue weighted by atomic mass is 16.1. The summed E-state index contributed by atoms with van der Waals surface area (Å²) in [6.45, 7) is 4.26. The predicted octanol–water partition coefficient (Wildman–Crippen LogP) is 1.43. The van der Waals surface area contributed by atoms with Crippen LogP contribution in [0.25, 0.3) is 5.65 Å². The van der Waals surface area contributed by atoms with Crippen molar-refractivity contribution in [3.8, 4) is 0 Å². The number of anilines is 1. The second kappa shape index (κ2) is 4.59. The number of hydrogen-bond donors (Lipinski definition) is 0. The number of hydrogen-bond acceptors (Lipinski definition) is 4. The van der Waals surface area contributed by atoms with Gasteiger partial charge in [0.05, 0.1) is 0 Å². The Balaban J connectivity index is 1.72. The van der Waals surface area contributed by atoms with E-state index in [0.717, 1.165) is 37.4 Å². The van der Waals surface area contributed by atoms with Crippen molar-refractivity contribution >= 4 is 17.8 Å². The van der Waals surface area contributed by atoms with E-state index in [1.54, 1.807) is 0 Å². The van der Waals surface area contributed by atoms with Crippen LogP contribution in [-0.2, 0) is 0 Å². The van der Waals surface area contributed by atoms with E-state index in [0.29, 0.717) is 11.7 Å². The maximum atomic E-state index is 11.5. The predicted molar refractivity (Wildman–Crippen MR) is 77.4 cm³/mol. The second-order valence-corrected chi connectivity index (χ2v) is 5.65. The number of aldehydes is 1. The number of pyridine rings is 1.